The molecule has 0 atom stereocenters. The Labute approximate surface area is 196 Å². The molecule has 0 bridgehead atoms. The van der Waals surface area contributed by atoms with E-state index in [2.05, 4.69) is 24.1 Å². The third-order valence-corrected chi connectivity index (χ3v) is 6.32. The highest BCUT2D eigenvalue weighted by Gasteiger charge is 2.32. The smallest absolute Gasteiger partial charge is 0.267 e. The predicted octanol–water partition coefficient (Wildman–Crippen LogP) is 2.67. The third-order valence-electron chi connectivity index (χ3n) is 4.94. The third kappa shape index (κ3) is 5.55. The summed E-state index contributed by atoms with van der Waals surface area (Å²) in [4.78, 5) is 32.9. The molecule has 1 aliphatic heterocycles. The molecule has 0 aromatic carbocycles. The minimum absolute atomic E-state index is 0.0569. The number of fused-ring (bicyclic) bond motifs is 1. The van der Waals surface area contributed by atoms with Gasteiger partial charge in [0.2, 0.25) is 0 Å². The normalized spacial score (nSPS) is 15.5. The van der Waals surface area contributed by atoms with Gasteiger partial charge in [0.25, 0.3) is 11.5 Å². The summed E-state index contributed by atoms with van der Waals surface area (Å²) >= 11 is 6.61. The first-order valence-electron chi connectivity index (χ1n) is 10.5. The van der Waals surface area contributed by atoms with Crippen LogP contribution in [-0.2, 0) is 9.53 Å². The van der Waals surface area contributed by atoms with Crippen LogP contribution >= 0.6 is 24.0 Å². The van der Waals surface area contributed by atoms with E-state index in [0.29, 0.717) is 51.9 Å². The van der Waals surface area contributed by atoms with Gasteiger partial charge in [0.15, 0.2) is 0 Å². The number of nitrogens with one attached hydrogen (secondary N) is 1. The van der Waals surface area contributed by atoms with Gasteiger partial charge in [0.1, 0.15) is 15.8 Å². The van der Waals surface area contributed by atoms with Gasteiger partial charge in [-0.3, -0.25) is 18.9 Å². The molecular formula is C22H28N4O4S2. The summed E-state index contributed by atoms with van der Waals surface area (Å²) in [5, 5.41) is 12.0. The Morgan fingerprint density at radius 2 is 2.12 bits per heavy atom. The van der Waals surface area contributed by atoms with Gasteiger partial charge >= 0.3 is 0 Å². The van der Waals surface area contributed by atoms with Crippen LogP contribution < -0.4 is 10.9 Å². The summed E-state index contributed by atoms with van der Waals surface area (Å²) in [5.74, 6) is 0.640. The molecule has 1 saturated heterocycles. The first kappa shape index (κ1) is 24.4. The van der Waals surface area contributed by atoms with Crippen molar-refractivity contribution in [3.63, 3.8) is 0 Å². The first-order valence-corrected chi connectivity index (χ1v) is 11.8. The van der Waals surface area contributed by atoms with E-state index >= 15 is 0 Å². The van der Waals surface area contributed by atoms with E-state index in [9.17, 15) is 9.59 Å². The maximum Gasteiger partial charge on any atom is 0.267 e. The topological polar surface area (TPSA) is 96.2 Å². The molecule has 32 heavy (non-hydrogen) atoms. The number of aliphatic hydroxyl groups excluding tert-OH is 1. The Balaban J connectivity index is 1.97. The number of hydrogen-bond acceptors (Lipinski definition) is 8. The van der Waals surface area contributed by atoms with Crippen LogP contribution in [0.5, 0.6) is 0 Å². The van der Waals surface area contributed by atoms with E-state index in [-0.39, 0.29) is 24.7 Å². The van der Waals surface area contributed by atoms with Crippen molar-refractivity contribution in [1.82, 2.24) is 14.3 Å². The van der Waals surface area contributed by atoms with Crippen molar-refractivity contribution in [3.05, 3.63) is 44.7 Å². The minimum atomic E-state index is -0.273. The Kier molecular flexibility index (Phi) is 8.41. The summed E-state index contributed by atoms with van der Waals surface area (Å²) in [6, 6.07) is 3.67. The van der Waals surface area contributed by atoms with Crippen LogP contribution in [0.4, 0.5) is 5.82 Å². The number of hydrogen-bond donors (Lipinski definition) is 2. The summed E-state index contributed by atoms with van der Waals surface area (Å²) in [6.07, 6.45) is 4.09. The molecule has 0 aliphatic carbocycles. The van der Waals surface area contributed by atoms with E-state index in [4.69, 9.17) is 22.1 Å². The number of aliphatic hydroxyl groups is 1. The molecule has 2 aromatic heterocycles. The number of aromatic nitrogens is 2. The Morgan fingerprint density at radius 3 is 2.84 bits per heavy atom. The number of carbonyl (C=O) groups is 1. The molecule has 8 nitrogen and oxygen atoms in total. The van der Waals surface area contributed by atoms with Crippen molar-refractivity contribution in [3.8, 4) is 0 Å². The van der Waals surface area contributed by atoms with Crippen LogP contribution in [0.15, 0.2) is 28.0 Å². The van der Waals surface area contributed by atoms with Crippen molar-refractivity contribution in [2.45, 2.75) is 27.2 Å². The number of thiocarbonyl (C=S) groups is 1. The van der Waals surface area contributed by atoms with Crippen LogP contribution in [0, 0.1) is 12.8 Å². The summed E-state index contributed by atoms with van der Waals surface area (Å²) in [6.45, 7) is 7.55. The van der Waals surface area contributed by atoms with Gasteiger partial charge in [0.05, 0.1) is 30.3 Å². The molecule has 2 aromatic rings. The average molecular weight is 477 g/mol. The van der Waals surface area contributed by atoms with Crippen molar-refractivity contribution >= 4 is 51.7 Å². The summed E-state index contributed by atoms with van der Waals surface area (Å²) in [7, 11) is 0. The van der Waals surface area contributed by atoms with Gasteiger partial charge in [-0.2, -0.15) is 0 Å². The summed E-state index contributed by atoms with van der Waals surface area (Å²) in [5.41, 5.74) is 1.41. The number of thioether (sulfide) groups is 1. The number of pyridine rings is 1. The van der Waals surface area contributed by atoms with Gasteiger partial charge in [-0.25, -0.2) is 4.98 Å². The highest BCUT2D eigenvalue weighted by atomic mass is 32.2. The summed E-state index contributed by atoms with van der Waals surface area (Å²) < 4.78 is 7.27. The number of rotatable bonds is 10. The standard InChI is InChI=1S/C22H28N4O4S2/c1-14(2)6-9-26-21(29)17(32-22(26)31)13-16-18(23-7-11-30-12-10-27)24-19-15(3)5-4-8-25(19)20(16)28/h4-5,8,13-14,23,27H,6-7,9-12H2,1-3H3/b17-13+. The molecule has 172 valence electrons. The van der Waals surface area contributed by atoms with Gasteiger partial charge < -0.3 is 15.2 Å². The number of carbonyl (C=O) groups excluding carboxylic acids is 1. The fraction of sp³-hybridized carbons (Fsp3) is 0.455. The van der Waals surface area contributed by atoms with E-state index < -0.39 is 0 Å². The number of nitrogens with zero attached hydrogens (tertiary/aromatic N) is 3. The lowest BCUT2D eigenvalue weighted by molar-refractivity contribution is -0.122. The maximum absolute atomic E-state index is 13.3. The zero-order valence-electron chi connectivity index (χ0n) is 18.5. The molecule has 1 fully saturated rings. The van der Waals surface area contributed by atoms with Crippen molar-refractivity contribution in [2.75, 3.05) is 38.2 Å². The lowest BCUT2D eigenvalue weighted by Gasteiger charge is -2.15. The second kappa shape index (κ2) is 11.0. The van der Waals surface area contributed by atoms with Gasteiger partial charge in [-0.15, -0.1) is 0 Å². The highest BCUT2D eigenvalue weighted by molar-refractivity contribution is 8.26. The van der Waals surface area contributed by atoms with Gasteiger partial charge in [-0.05, 0) is 37.0 Å². The Morgan fingerprint density at radius 1 is 1.34 bits per heavy atom. The van der Waals surface area contributed by atoms with Crippen LogP contribution in [-0.4, -0.2) is 62.5 Å². The van der Waals surface area contributed by atoms with E-state index in [0.717, 1.165) is 12.0 Å². The second-order valence-electron chi connectivity index (χ2n) is 7.84. The van der Waals surface area contributed by atoms with Gasteiger partial charge in [0, 0.05) is 19.3 Å². The zero-order valence-corrected chi connectivity index (χ0v) is 20.1. The Hall–Kier alpha value is -2.27. The lowest BCUT2D eigenvalue weighted by atomic mass is 10.1. The molecule has 1 amide bonds. The molecule has 3 heterocycles. The molecule has 10 heteroatoms. The second-order valence-corrected chi connectivity index (χ2v) is 9.52. The quantitative estimate of drug-likeness (QED) is 0.307. The van der Waals surface area contributed by atoms with Crippen molar-refractivity contribution < 1.29 is 14.6 Å². The molecule has 2 N–H and O–H groups in total. The number of amides is 1. The van der Waals surface area contributed by atoms with Crippen LogP contribution in [0.1, 0.15) is 31.4 Å². The SMILES string of the molecule is Cc1cccn2c(=O)c(/C=C3/SC(=S)N(CCC(C)C)C3=O)c(NCCOCCO)nc12. The molecule has 0 saturated carbocycles. The fourth-order valence-electron chi connectivity index (χ4n) is 3.20. The molecule has 3 rings (SSSR count). The minimum Gasteiger partial charge on any atom is -0.394 e. The zero-order chi connectivity index (χ0) is 23.3. The lowest BCUT2D eigenvalue weighted by Crippen LogP contribution is -2.29. The molecule has 0 unspecified atom stereocenters. The van der Waals surface area contributed by atoms with Crippen molar-refractivity contribution in [1.29, 1.82) is 0 Å². The van der Waals surface area contributed by atoms with Crippen molar-refractivity contribution in [2.24, 2.45) is 5.92 Å². The van der Waals surface area contributed by atoms with E-state index in [1.54, 1.807) is 23.2 Å². The predicted molar refractivity (Wildman–Crippen MR) is 132 cm³/mol. The number of aryl methyl sites for hydroxylation is 1. The largest absolute Gasteiger partial charge is 0.394 e. The van der Waals surface area contributed by atoms with Crippen LogP contribution in [0.25, 0.3) is 11.7 Å². The average Bonchev–Trinajstić information content (AvgIpc) is 3.02. The number of anilines is 1. The van der Waals surface area contributed by atoms with E-state index in [1.165, 1.54) is 16.2 Å². The molecular weight excluding hydrogens is 448 g/mol. The van der Waals surface area contributed by atoms with Crippen LogP contribution in [0.2, 0.25) is 0 Å². The molecule has 0 radical (unpaired) electrons. The highest BCUT2D eigenvalue weighted by Crippen LogP contribution is 2.33. The molecule has 0 spiro atoms. The molecule has 1 aliphatic rings. The first-order chi connectivity index (χ1) is 15.3. The Bertz CT molecular complexity index is 1100. The monoisotopic (exact) mass is 476 g/mol. The fourth-order valence-corrected chi connectivity index (χ4v) is 4.49. The number of ether oxygens (including phenoxy) is 1. The maximum atomic E-state index is 13.3. The van der Waals surface area contributed by atoms with E-state index in [1.807, 2.05) is 13.0 Å². The van der Waals surface area contributed by atoms with Gasteiger partial charge in [-0.1, -0.05) is 43.9 Å². The van der Waals surface area contributed by atoms with Crippen LogP contribution in [0.3, 0.4) is 0 Å².